The second-order valence-electron chi connectivity index (χ2n) is 10.9. The minimum absolute atomic E-state index is 0.0468. The molecule has 6 heteroatoms. The van der Waals surface area contributed by atoms with Crippen molar-refractivity contribution < 1.29 is 5.11 Å². The Balaban J connectivity index is 1.25. The highest BCUT2D eigenvalue weighted by Crippen LogP contribution is 2.30. The first-order valence-corrected chi connectivity index (χ1v) is 14.0. The first kappa shape index (κ1) is 25.6. The summed E-state index contributed by atoms with van der Waals surface area (Å²) >= 11 is 0. The molecule has 42 heavy (non-hydrogen) atoms. The molecule has 0 amide bonds. The number of phenols is 1. The lowest BCUT2D eigenvalue weighted by Crippen LogP contribution is -2.35. The van der Waals surface area contributed by atoms with Crippen LogP contribution in [0.1, 0.15) is 17.2 Å². The van der Waals surface area contributed by atoms with E-state index in [-0.39, 0.29) is 11.8 Å². The third kappa shape index (κ3) is 4.47. The topological polar surface area (TPSA) is 56.4 Å². The lowest BCUT2D eigenvalue weighted by Gasteiger charge is -2.25. The fourth-order valence-corrected chi connectivity index (χ4v) is 5.83. The maximum atomic E-state index is 10.3. The zero-order valence-electron chi connectivity index (χ0n) is 23.8. The third-order valence-corrected chi connectivity index (χ3v) is 8.03. The highest BCUT2D eigenvalue weighted by molar-refractivity contribution is 5.92. The number of phenolic OH excluding ortho intramolecular Hbond substituents is 1. The Kier molecular flexibility index (Phi) is 6.24. The van der Waals surface area contributed by atoms with E-state index in [1.54, 1.807) is 6.07 Å². The first-order valence-electron chi connectivity index (χ1n) is 14.0. The van der Waals surface area contributed by atoms with E-state index in [9.17, 15) is 5.11 Å². The predicted molar refractivity (Wildman–Crippen MR) is 173 cm³/mol. The molecule has 1 N–H and O–H groups in total. The predicted octanol–water partition coefficient (Wildman–Crippen LogP) is 6.91. The van der Waals surface area contributed by atoms with Gasteiger partial charge in [-0.25, -0.2) is 0 Å². The largest absolute Gasteiger partial charge is 0.508 e. The molecular weight excluding hydrogens is 518 g/mol. The minimum atomic E-state index is 0.0468. The van der Waals surface area contributed by atoms with Crippen LogP contribution in [0.2, 0.25) is 0 Å². The van der Waals surface area contributed by atoms with Crippen LogP contribution in [0.3, 0.4) is 0 Å². The number of rotatable bonds is 5. The van der Waals surface area contributed by atoms with Crippen molar-refractivity contribution in [3.05, 3.63) is 131 Å². The molecule has 206 valence electrons. The van der Waals surface area contributed by atoms with Gasteiger partial charge in [0.1, 0.15) is 5.75 Å². The van der Waals surface area contributed by atoms with E-state index in [1.165, 1.54) is 5.56 Å². The SMILES string of the molecule is CN(C)c1ccc(C=c2c3n(c4ccc(O)cc24)N(C)C(c2ccc(N=Nc4cccc5ccccc45)cc2)C=3)cc1. The Bertz CT molecular complexity index is 2090. The Morgan fingerprint density at radius 3 is 2.33 bits per heavy atom. The molecule has 0 aliphatic carbocycles. The molecule has 6 aromatic rings. The average molecular weight is 550 g/mol. The third-order valence-electron chi connectivity index (χ3n) is 8.03. The summed E-state index contributed by atoms with van der Waals surface area (Å²) in [7, 11) is 6.19. The Morgan fingerprint density at radius 1 is 0.786 bits per heavy atom. The maximum Gasteiger partial charge on any atom is 0.116 e. The van der Waals surface area contributed by atoms with Crippen molar-refractivity contribution >= 4 is 50.9 Å². The van der Waals surface area contributed by atoms with Crippen LogP contribution in [-0.2, 0) is 0 Å². The van der Waals surface area contributed by atoms with Gasteiger partial charge in [-0.3, -0.25) is 4.68 Å². The van der Waals surface area contributed by atoms with Crippen LogP contribution in [0.4, 0.5) is 17.1 Å². The highest BCUT2D eigenvalue weighted by atomic mass is 16.3. The number of anilines is 1. The molecule has 1 aliphatic heterocycles. The molecule has 1 atom stereocenters. The minimum Gasteiger partial charge on any atom is -0.508 e. The second kappa shape index (κ2) is 10.2. The monoisotopic (exact) mass is 549 g/mol. The number of azo groups is 1. The fraction of sp³-hybridized carbons (Fsp3) is 0.111. The van der Waals surface area contributed by atoms with Crippen molar-refractivity contribution in [3.63, 3.8) is 0 Å². The molecule has 0 saturated carbocycles. The van der Waals surface area contributed by atoms with Crippen molar-refractivity contribution in [2.45, 2.75) is 6.04 Å². The van der Waals surface area contributed by atoms with Crippen molar-refractivity contribution in [2.75, 3.05) is 31.1 Å². The fourth-order valence-electron chi connectivity index (χ4n) is 5.83. The van der Waals surface area contributed by atoms with E-state index in [2.05, 4.69) is 98.6 Å². The zero-order chi connectivity index (χ0) is 28.8. The van der Waals surface area contributed by atoms with Crippen LogP contribution in [0.25, 0.3) is 33.8 Å². The van der Waals surface area contributed by atoms with Crippen LogP contribution in [0.5, 0.6) is 5.75 Å². The van der Waals surface area contributed by atoms with Crippen molar-refractivity contribution in [2.24, 2.45) is 10.2 Å². The van der Waals surface area contributed by atoms with Gasteiger partial charge >= 0.3 is 0 Å². The van der Waals surface area contributed by atoms with Crippen LogP contribution in [0.15, 0.2) is 119 Å². The number of aromatic nitrogens is 1. The first-order chi connectivity index (χ1) is 20.5. The van der Waals surface area contributed by atoms with E-state index >= 15 is 0 Å². The van der Waals surface area contributed by atoms with E-state index in [0.717, 1.165) is 54.9 Å². The Hall–Kier alpha value is -5.36. The molecule has 0 bridgehead atoms. The standard InChI is InChI=1S/C36H31N5O/c1-39(2)28-17-11-24(12-18-28)21-31-32-22-29(42)19-20-34(32)41-36(31)23-35(40(41)3)26-13-15-27(16-14-26)37-38-33-10-6-8-25-7-4-5-9-30(25)33/h4-23,35,42H,1-3H3. The molecule has 1 aliphatic rings. The number of hydrogen-bond acceptors (Lipinski definition) is 5. The number of benzene rings is 5. The summed E-state index contributed by atoms with van der Waals surface area (Å²) in [4.78, 5) is 2.09. The van der Waals surface area contributed by atoms with Crippen molar-refractivity contribution in [1.29, 1.82) is 0 Å². The maximum absolute atomic E-state index is 10.3. The second-order valence-corrected chi connectivity index (χ2v) is 10.9. The van der Waals surface area contributed by atoms with E-state index in [1.807, 2.05) is 62.6 Å². The number of aromatic hydroxyl groups is 1. The van der Waals surface area contributed by atoms with Crippen LogP contribution >= 0.6 is 0 Å². The molecule has 0 spiro atoms. The van der Waals surface area contributed by atoms with Gasteiger partial charge in [-0.2, -0.15) is 5.11 Å². The van der Waals surface area contributed by atoms with Gasteiger partial charge in [0.05, 0.1) is 28.3 Å². The van der Waals surface area contributed by atoms with Gasteiger partial charge in [-0.05, 0) is 77.2 Å². The number of hydrogen-bond donors (Lipinski definition) is 1. The van der Waals surface area contributed by atoms with Gasteiger partial charge < -0.3 is 15.0 Å². The van der Waals surface area contributed by atoms with E-state index in [0.29, 0.717) is 0 Å². The summed E-state index contributed by atoms with van der Waals surface area (Å²) in [5, 5.41) is 27.1. The summed E-state index contributed by atoms with van der Waals surface area (Å²) in [6.45, 7) is 0. The molecule has 1 aromatic heterocycles. The zero-order valence-corrected chi connectivity index (χ0v) is 23.8. The molecule has 0 saturated heterocycles. The lowest BCUT2D eigenvalue weighted by molar-refractivity contribution is 0.476. The van der Waals surface area contributed by atoms with Crippen molar-refractivity contribution in [3.8, 4) is 5.75 Å². The van der Waals surface area contributed by atoms with Gasteiger partial charge in [0.15, 0.2) is 0 Å². The highest BCUT2D eigenvalue weighted by Gasteiger charge is 2.25. The van der Waals surface area contributed by atoms with Crippen LogP contribution < -0.4 is 20.5 Å². The van der Waals surface area contributed by atoms with Gasteiger partial charge in [-0.1, -0.05) is 60.7 Å². The van der Waals surface area contributed by atoms with Gasteiger partial charge in [-0.15, -0.1) is 5.11 Å². The summed E-state index contributed by atoms with van der Waals surface area (Å²) in [6.07, 6.45) is 4.50. The van der Waals surface area contributed by atoms with Crippen molar-refractivity contribution in [1.82, 2.24) is 4.68 Å². The number of fused-ring (bicyclic) bond motifs is 4. The smallest absolute Gasteiger partial charge is 0.116 e. The Labute approximate surface area is 244 Å². The van der Waals surface area contributed by atoms with E-state index in [4.69, 9.17) is 0 Å². The molecule has 0 fully saturated rings. The molecule has 1 unspecified atom stereocenters. The molecule has 0 radical (unpaired) electrons. The quantitative estimate of drug-likeness (QED) is 0.238. The molecule has 5 aromatic carbocycles. The van der Waals surface area contributed by atoms with Gasteiger partial charge in [0, 0.05) is 42.8 Å². The van der Waals surface area contributed by atoms with Gasteiger partial charge in [0.25, 0.3) is 0 Å². The average Bonchev–Trinajstić information content (AvgIpc) is 3.50. The molecule has 7 rings (SSSR count). The normalized spacial score (nSPS) is 15.1. The Morgan fingerprint density at radius 2 is 1.55 bits per heavy atom. The number of nitrogens with zero attached hydrogens (tertiary/aromatic N) is 5. The molecule has 6 nitrogen and oxygen atoms in total. The summed E-state index contributed by atoms with van der Waals surface area (Å²) in [5.41, 5.74) is 6.16. The lowest BCUT2D eigenvalue weighted by atomic mass is 10.1. The van der Waals surface area contributed by atoms with Crippen LogP contribution in [-0.4, -0.2) is 30.9 Å². The molecular formula is C36H31N5O. The summed E-state index contributed by atoms with van der Waals surface area (Å²) in [6, 6.07) is 36.8. The van der Waals surface area contributed by atoms with Gasteiger partial charge in [0.2, 0.25) is 0 Å². The van der Waals surface area contributed by atoms with Crippen LogP contribution in [0, 0.1) is 0 Å². The summed E-state index contributed by atoms with van der Waals surface area (Å²) < 4.78 is 2.24. The van der Waals surface area contributed by atoms with E-state index < -0.39 is 0 Å². The summed E-state index contributed by atoms with van der Waals surface area (Å²) in [5.74, 6) is 0.261. The molecule has 2 heterocycles.